The first-order valence-corrected chi connectivity index (χ1v) is 6.91. The summed E-state index contributed by atoms with van der Waals surface area (Å²) < 4.78 is 0. The SMILES string of the molecule is Cc1ccc([C@]2(O)CCN(c3ccnc(C)n3)C2)cc1. The molecule has 1 fully saturated rings. The first kappa shape index (κ1) is 13.1. The van der Waals surface area contributed by atoms with Crippen molar-refractivity contribution in [1.82, 2.24) is 9.97 Å². The molecule has 1 aromatic heterocycles. The third kappa shape index (κ3) is 2.39. The van der Waals surface area contributed by atoms with Crippen molar-refractivity contribution in [3.8, 4) is 0 Å². The molecule has 1 saturated heterocycles. The molecule has 3 rings (SSSR count). The minimum Gasteiger partial charge on any atom is -0.383 e. The predicted molar refractivity (Wildman–Crippen MR) is 78.7 cm³/mol. The Morgan fingerprint density at radius 3 is 2.60 bits per heavy atom. The van der Waals surface area contributed by atoms with Gasteiger partial charge >= 0.3 is 0 Å². The van der Waals surface area contributed by atoms with Gasteiger partial charge in [0.2, 0.25) is 0 Å². The third-order valence-corrected chi connectivity index (χ3v) is 3.92. The van der Waals surface area contributed by atoms with Gasteiger partial charge in [-0.25, -0.2) is 9.97 Å². The standard InChI is InChI=1S/C16H19N3O/c1-12-3-5-14(6-4-12)16(20)8-10-19(11-16)15-7-9-17-13(2)18-15/h3-7,9,20H,8,10-11H2,1-2H3/t16-/m0/s1. The van der Waals surface area contributed by atoms with Crippen LogP contribution in [0.2, 0.25) is 0 Å². The highest BCUT2D eigenvalue weighted by Crippen LogP contribution is 2.33. The fourth-order valence-electron chi connectivity index (χ4n) is 2.71. The Labute approximate surface area is 119 Å². The molecule has 0 spiro atoms. The monoisotopic (exact) mass is 269 g/mol. The van der Waals surface area contributed by atoms with Crippen LogP contribution in [-0.4, -0.2) is 28.2 Å². The minimum atomic E-state index is -0.785. The molecule has 4 nitrogen and oxygen atoms in total. The predicted octanol–water partition coefficient (Wildman–Crippen LogP) is 2.19. The number of hydrogen-bond acceptors (Lipinski definition) is 4. The maximum atomic E-state index is 10.9. The highest BCUT2D eigenvalue weighted by atomic mass is 16.3. The molecule has 2 heterocycles. The zero-order valence-corrected chi connectivity index (χ0v) is 11.9. The zero-order chi connectivity index (χ0) is 14.2. The van der Waals surface area contributed by atoms with E-state index >= 15 is 0 Å². The molecule has 0 amide bonds. The lowest BCUT2D eigenvalue weighted by Crippen LogP contribution is -2.31. The van der Waals surface area contributed by atoms with Crippen molar-refractivity contribution in [2.45, 2.75) is 25.9 Å². The maximum absolute atomic E-state index is 10.9. The number of anilines is 1. The van der Waals surface area contributed by atoms with E-state index in [-0.39, 0.29) is 0 Å². The molecule has 0 radical (unpaired) electrons. The molecule has 0 unspecified atom stereocenters. The van der Waals surface area contributed by atoms with Gasteiger partial charge in [-0.2, -0.15) is 0 Å². The molecule has 0 saturated carbocycles. The summed E-state index contributed by atoms with van der Waals surface area (Å²) in [4.78, 5) is 10.7. The Bertz CT molecular complexity index is 611. The lowest BCUT2D eigenvalue weighted by atomic mass is 9.92. The van der Waals surface area contributed by atoms with E-state index in [1.807, 2.05) is 37.3 Å². The maximum Gasteiger partial charge on any atom is 0.132 e. The van der Waals surface area contributed by atoms with Crippen LogP contribution < -0.4 is 4.90 Å². The van der Waals surface area contributed by atoms with Gasteiger partial charge in [0.25, 0.3) is 0 Å². The fourth-order valence-corrected chi connectivity index (χ4v) is 2.71. The molecule has 20 heavy (non-hydrogen) atoms. The van der Waals surface area contributed by atoms with E-state index in [1.165, 1.54) is 5.56 Å². The molecule has 1 atom stereocenters. The highest BCUT2D eigenvalue weighted by molar-refractivity contribution is 5.42. The van der Waals surface area contributed by atoms with E-state index in [2.05, 4.69) is 21.8 Å². The highest BCUT2D eigenvalue weighted by Gasteiger charge is 2.38. The molecular formula is C16H19N3O. The average Bonchev–Trinajstić information content (AvgIpc) is 2.83. The Morgan fingerprint density at radius 2 is 1.90 bits per heavy atom. The Morgan fingerprint density at radius 1 is 1.15 bits per heavy atom. The molecule has 1 aliphatic heterocycles. The van der Waals surface area contributed by atoms with Crippen LogP contribution in [0.4, 0.5) is 5.82 Å². The summed E-state index contributed by atoms with van der Waals surface area (Å²) in [6.07, 6.45) is 2.49. The third-order valence-electron chi connectivity index (χ3n) is 3.92. The summed E-state index contributed by atoms with van der Waals surface area (Å²) in [5, 5.41) is 10.9. The van der Waals surface area contributed by atoms with Crippen LogP contribution in [0.5, 0.6) is 0 Å². The smallest absolute Gasteiger partial charge is 0.132 e. The number of benzene rings is 1. The first-order valence-electron chi connectivity index (χ1n) is 6.91. The van der Waals surface area contributed by atoms with Crippen LogP contribution in [0.25, 0.3) is 0 Å². The van der Waals surface area contributed by atoms with Crippen LogP contribution >= 0.6 is 0 Å². The molecule has 2 aromatic rings. The quantitative estimate of drug-likeness (QED) is 0.908. The summed E-state index contributed by atoms with van der Waals surface area (Å²) >= 11 is 0. The van der Waals surface area contributed by atoms with E-state index in [0.29, 0.717) is 6.54 Å². The molecule has 1 aliphatic rings. The van der Waals surface area contributed by atoms with Gasteiger partial charge in [-0.1, -0.05) is 29.8 Å². The number of β-amino-alcohol motifs (C(OH)–C–C–N with tert-alkyl or cyclic N) is 1. The topological polar surface area (TPSA) is 49.2 Å². The van der Waals surface area contributed by atoms with Gasteiger partial charge in [-0.05, 0) is 31.9 Å². The number of hydrogen-bond donors (Lipinski definition) is 1. The Balaban J connectivity index is 1.83. The summed E-state index contributed by atoms with van der Waals surface area (Å²) in [5.74, 6) is 1.65. The van der Waals surface area contributed by atoms with Crippen LogP contribution in [0.15, 0.2) is 36.5 Å². The van der Waals surface area contributed by atoms with Crippen LogP contribution in [-0.2, 0) is 5.60 Å². The molecule has 0 aliphatic carbocycles. The zero-order valence-electron chi connectivity index (χ0n) is 11.9. The summed E-state index contributed by atoms with van der Waals surface area (Å²) in [6.45, 7) is 5.32. The van der Waals surface area contributed by atoms with Crippen molar-refractivity contribution in [2.75, 3.05) is 18.0 Å². The van der Waals surface area contributed by atoms with Crippen molar-refractivity contribution >= 4 is 5.82 Å². The Hall–Kier alpha value is -1.94. The Kier molecular flexibility index (Phi) is 3.18. The van der Waals surface area contributed by atoms with Crippen molar-refractivity contribution in [2.24, 2.45) is 0 Å². The van der Waals surface area contributed by atoms with E-state index in [1.54, 1.807) is 6.20 Å². The normalized spacial score (nSPS) is 22.2. The molecular weight excluding hydrogens is 250 g/mol. The van der Waals surface area contributed by atoms with Crippen LogP contribution in [0.1, 0.15) is 23.4 Å². The van der Waals surface area contributed by atoms with Crippen molar-refractivity contribution in [1.29, 1.82) is 0 Å². The van der Waals surface area contributed by atoms with Gasteiger partial charge in [-0.15, -0.1) is 0 Å². The van der Waals surface area contributed by atoms with Crippen molar-refractivity contribution < 1.29 is 5.11 Å². The van der Waals surface area contributed by atoms with Crippen LogP contribution in [0, 0.1) is 13.8 Å². The van der Waals surface area contributed by atoms with Crippen LogP contribution in [0.3, 0.4) is 0 Å². The van der Waals surface area contributed by atoms with E-state index < -0.39 is 5.60 Å². The number of aromatic nitrogens is 2. The van der Waals surface area contributed by atoms with E-state index in [0.717, 1.165) is 30.2 Å². The second-order valence-corrected chi connectivity index (χ2v) is 5.53. The molecule has 0 bridgehead atoms. The summed E-state index contributed by atoms with van der Waals surface area (Å²) in [7, 11) is 0. The van der Waals surface area contributed by atoms with E-state index in [9.17, 15) is 5.11 Å². The van der Waals surface area contributed by atoms with Gasteiger partial charge in [0.15, 0.2) is 0 Å². The van der Waals surface area contributed by atoms with Gasteiger partial charge < -0.3 is 10.0 Å². The van der Waals surface area contributed by atoms with Gasteiger partial charge in [0, 0.05) is 12.7 Å². The van der Waals surface area contributed by atoms with Gasteiger partial charge in [0.05, 0.1) is 6.54 Å². The summed E-state index contributed by atoms with van der Waals surface area (Å²) in [6, 6.07) is 10.0. The fraction of sp³-hybridized carbons (Fsp3) is 0.375. The molecule has 1 aromatic carbocycles. The minimum absolute atomic E-state index is 0.576. The van der Waals surface area contributed by atoms with Gasteiger partial charge in [0.1, 0.15) is 17.2 Å². The second-order valence-electron chi connectivity index (χ2n) is 5.53. The number of rotatable bonds is 2. The number of aryl methyl sites for hydroxylation is 2. The molecule has 1 N–H and O–H groups in total. The second kappa shape index (κ2) is 4.87. The summed E-state index contributed by atoms with van der Waals surface area (Å²) in [5.41, 5.74) is 1.40. The van der Waals surface area contributed by atoms with Crippen molar-refractivity contribution in [3.05, 3.63) is 53.5 Å². The largest absolute Gasteiger partial charge is 0.383 e. The lowest BCUT2D eigenvalue weighted by molar-refractivity contribution is 0.0606. The average molecular weight is 269 g/mol. The number of aliphatic hydroxyl groups is 1. The molecule has 4 heteroatoms. The van der Waals surface area contributed by atoms with Gasteiger partial charge in [-0.3, -0.25) is 0 Å². The first-order chi connectivity index (χ1) is 9.57. The van der Waals surface area contributed by atoms with Crippen molar-refractivity contribution in [3.63, 3.8) is 0 Å². The lowest BCUT2D eigenvalue weighted by Gasteiger charge is -2.24. The van der Waals surface area contributed by atoms with E-state index in [4.69, 9.17) is 0 Å². The molecule has 104 valence electrons. The number of nitrogens with zero attached hydrogens (tertiary/aromatic N) is 3.